The third kappa shape index (κ3) is 4.29. The van der Waals surface area contributed by atoms with Gasteiger partial charge < -0.3 is 4.90 Å². The Bertz CT molecular complexity index is 636. The van der Waals surface area contributed by atoms with Crippen molar-refractivity contribution >= 4 is 6.03 Å². The second-order valence-corrected chi connectivity index (χ2v) is 5.90. The van der Waals surface area contributed by atoms with Gasteiger partial charge in [-0.25, -0.2) is 10.3 Å². The Balaban J connectivity index is 1.62. The second-order valence-electron chi connectivity index (χ2n) is 5.90. The number of pyridine rings is 2. The monoisotopic (exact) mass is 326 g/mol. The van der Waals surface area contributed by atoms with E-state index in [1.165, 1.54) is 0 Å². The van der Waals surface area contributed by atoms with E-state index in [2.05, 4.69) is 15.4 Å². The molecular weight excluding hydrogens is 304 g/mol. The van der Waals surface area contributed by atoms with Crippen LogP contribution in [0.25, 0.3) is 0 Å². The maximum Gasteiger partial charge on any atom is 0.341 e. The Morgan fingerprint density at radius 1 is 1.17 bits per heavy atom. The van der Waals surface area contributed by atoms with E-state index in [0.29, 0.717) is 6.61 Å². The molecule has 0 unspecified atom stereocenters. The number of urea groups is 1. The lowest BCUT2D eigenvalue weighted by Crippen LogP contribution is -2.42. The molecule has 1 N–H and O–H groups in total. The summed E-state index contributed by atoms with van der Waals surface area (Å²) in [5.74, 6) is 0. The summed E-state index contributed by atoms with van der Waals surface area (Å²) >= 11 is 0. The minimum absolute atomic E-state index is 0.0671. The van der Waals surface area contributed by atoms with Gasteiger partial charge in [0.25, 0.3) is 0 Å². The van der Waals surface area contributed by atoms with E-state index >= 15 is 0 Å². The van der Waals surface area contributed by atoms with Crippen molar-refractivity contribution in [3.8, 4) is 0 Å². The highest BCUT2D eigenvalue weighted by molar-refractivity contribution is 5.73. The fourth-order valence-electron chi connectivity index (χ4n) is 3.01. The topological polar surface area (TPSA) is 67.3 Å². The lowest BCUT2D eigenvalue weighted by Gasteiger charge is -2.30. The molecule has 3 rings (SSSR count). The molecule has 0 radical (unpaired) electrons. The van der Waals surface area contributed by atoms with Crippen LogP contribution in [0.3, 0.4) is 0 Å². The Morgan fingerprint density at radius 3 is 2.83 bits per heavy atom. The Morgan fingerprint density at radius 2 is 2.04 bits per heavy atom. The van der Waals surface area contributed by atoms with Gasteiger partial charge in [0.2, 0.25) is 0 Å². The number of carbonyl (C=O) groups excluding carboxylic acids is 1. The van der Waals surface area contributed by atoms with E-state index in [4.69, 9.17) is 4.84 Å². The number of hydroxylamine groups is 1. The SMILES string of the molecule is O=C(NOCc1cccnc1)N1CCCCC[C@@H]1c1ccncc1. The molecule has 1 saturated heterocycles. The van der Waals surface area contributed by atoms with Crippen LogP contribution in [0, 0.1) is 0 Å². The maximum atomic E-state index is 12.6. The molecule has 126 valence electrons. The van der Waals surface area contributed by atoms with Crippen molar-refractivity contribution in [3.05, 3.63) is 60.2 Å². The molecule has 0 spiro atoms. The highest BCUT2D eigenvalue weighted by atomic mass is 16.7. The fourth-order valence-corrected chi connectivity index (χ4v) is 3.01. The lowest BCUT2D eigenvalue weighted by molar-refractivity contribution is 0.0316. The normalized spacial score (nSPS) is 18.0. The zero-order valence-corrected chi connectivity index (χ0v) is 13.6. The summed E-state index contributed by atoms with van der Waals surface area (Å²) in [5.41, 5.74) is 4.61. The van der Waals surface area contributed by atoms with Crippen molar-refractivity contribution in [2.45, 2.75) is 38.3 Å². The molecule has 1 fully saturated rings. The van der Waals surface area contributed by atoms with Crippen LogP contribution in [0.1, 0.15) is 42.9 Å². The van der Waals surface area contributed by atoms with Gasteiger partial charge in [-0.15, -0.1) is 0 Å². The predicted molar refractivity (Wildman–Crippen MR) is 89.7 cm³/mol. The van der Waals surface area contributed by atoms with Gasteiger partial charge in [-0.3, -0.25) is 14.8 Å². The highest BCUT2D eigenvalue weighted by Gasteiger charge is 2.26. The van der Waals surface area contributed by atoms with Crippen molar-refractivity contribution in [2.24, 2.45) is 0 Å². The fraction of sp³-hybridized carbons (Fsp3) is 0.389. The molecule has 24 heavy (non-hydrogen) atoms. The quantitative estimate of drug-likeness (QED) is 0.876. The molecule has 2 aromatic heterocycles. The zero-order chi connectivity index (χ0) is 16.6. The number of likely N-dealkylation sites (tertiary alicyclic amines) is 1. The number of hydrogen-bond acceptors (Lipinski definition) is 4. The maximum absolute atomic E-state index is 12.6. The molecule has 3 heterocycles. The summed E-state index contributed by atoms with van der Waals surface area (Å²) in [4.78, 5) is 27.9. The van der Waals surface area contributed by atoms with Gasteiger partial charge in [-0.2, -0.15) is 0 Å². The van der Waals surface area contributed by atoms with Gasteiger partial charge in [-0.1, -0.05) is 18.9 Å². The summed E-state index contributed by atoms with van der Waals surface area (Å²) in [6, 6.07) is 7.58. The molecule has 0 saturated carbocycles. The molecule has 1 atom stereocenters. The first-order valence-electron chi connectivity index (χ1n) is 8.32. The van der Waals surface area contributed by atoms with E-state index in [1.54, 1.807) is 24.8 Å². The largest absolute Gasteiger partial charge is 0.341 e. The summed E-state index contributed by atoms with van der Waals surface area (Å²) in [6.45, 7) is 1.03. The molecule has 2 amide bonds. The Labute approximate surface area is 141 Å². The van der Waals surface area contributed by atoms with Gasteiger partial charge in [0.05, 0.1) is 6.04 Å². The second kappa shape index (κ2) is 8.40. The first-order chi connectivity index (χ1) is 11.8. The molecule has 0 aromatic carbocycles. The summed E-state index contributed by atoms with van der Waals surface area (Å²) in [6.07, 6.45) is 11.2. The smallest absolute Gasteiger partial charge is 0.316 e. The predicted octanol–water partition coefficient (Wildman–Crippen LogP) is 3.24. The first kappa shape index (κ1) is 16.4. The van der Waals surface area contributed by atoms with Gasteiger partial charge >= 0.3 is 6.03 Å². The highest BCUT2D eigenvalue weighted by Crippen LogP contribution is 2.29. The number of nitrogens with zero attached hydrogens (tertiary/aromatic N) is 3. The molecule has 0 aliphatic carbocycles. The minimum Gasteiger partial charge on any atom is -0.316 e. The summed E-state index contributed by atoms with van der Waals surface area (Å²) in [7, 11) is 0. The molecular formula is C18H22N4O2. The number of aromatic nitrogens is 2. The van der Waals surface area contributed by atoms with E-state index in [1.807, 2.05) is 29.2 Å². The van der Waals surface area contributed by atoms with Crippen LogP contribution in [0.4, 0.5) is 4.79 Å². The van der Waals surface area contributed by atoms with Crippen LogP contribution in [-0.4, -0.2) is 27.4 Å². The number of rotatable bonds is 4. The molecule has 1 aliphatic rings. The average Bonchev–Trinajstić information content (AvgIpc) is 2.89. The van der Waals surface area contributed by atoms with Crippen molar-refractivity contribution in [3.63, 3.8) is 0 Å². The van der Waals surface area contributed by atoms with Gasteiger partial charge in [0, 0.05) is 31.3 Å². The third-order valence-corrected chi connectivity index (χ3v) is 4.23. The first-order valence-corrected chi connectivity index (χ1v) is 8.32. The van der Waals surface area contributed by atoms with Crippen LogP contribution in [0.15, 0.2) is 49.1 Å². The lowest BCUT2D eigenvalue weighted by atomic mass is 10.0. The summed E-state index contributed by atoms with van der Waals surface area (Å²) < 4.78 is 0. The molecule has 0 bridgehead atoms. The Hall–Kier alpha value is -2.47. The van der Waals surface area contributed by atoms with E-state index in [0.717, 1.165) is 43.4 Å². The number of amides is 2. The van der Waals surface area contributed by atoms with Crippen molar-refractivity contribution in [2.75, 3.05) is 6.54 Å². The van der Waals surface area contributed by atoms with Crippen molar-refractivity contribution < 1.29 is 9.63 Å². The van der Waals surface area contributed by atoms with Crippen LogP contribution in [-0.2, 0) is 11.4 Å². The zero-order valence-electron chi connectivity index (χ0n) is 13.6. The van der Waals surface area contributed by atoms with E-state index < -0.39 is 0 Å². The average molecular weight is 326 g/mol. The molecule has 6 nitrogen and oxygen atoms in total. The van der Waals surface area contributed by atoms with Gasteiger partial charge in [0.1, 0.15) is 6.61 Å². The van der Waals surface area contributed by atoms with Crippen LogP contribution in [0.5, 0.6) is 0 Å². The van der Waals surface area contributed by atoms with Gasteiger partial charge in [0.15, 0.2) is 0 Å². The summed E-state index contributed by atoms with van der Waals surface area (Å²) in [5, 5.41) is 0. The van der Waals surface area contributed by atoms with E-state index in [-0.39, 0.29) is 12.1 Å². The molecule has 2 aromatic rings. The van der Waals surface area contributed by atoms with Crippen molar-refractivity contribution in [1.29, 1.82) is 0 Å². The van der Waals surface area contributed by atoms with Crippen LogP contribution in [0.2, 0.25) is 0 Å². The molecule has 1 aliphatic heterocycles. The third-order valence-electron chi connectivity index (χ3n) is 4.23. The Kier molecular flexibility index (Phi) is 5.74. The van der Waals surface area contributed by atoms with Crippen LogP contribution >= 0.6 is 0 Å². The van der Waals surface area contributed by atoms with Crippen LogP contribution < -0.4 is 5.48 Å². The number of carbonyl (C=O) groups is 1. The standard InChI is InChI=1S/C18H22N4O2/c23-18(21-24-14-15-5-4-9-20-13-15)22-12-3-1-2-6-17(22)16-7-10-19-11-8-16/h4-5,7-11,13,17H,1-3,6,12,14H2,(H,21,23)/t17-/m1/s1. The number of nitrogens with one attached hydrogen (secondary N) is 1. The number of hydrogen-bond donors (Lipinski definition) is 1. The minimum atomic E-state index is -0.192. The van der Waals surface area contributed by atoms with E-state index in [9.17, 15) is 4.79 Å². The van der Waals surface area contributed by atoms with Crippen molar-refractivity contribution in [1.82, 2.24) is 20.3 Å². The molecule has 6 heteroatoms. The van der Waals surface area contributed by atoms with Gasteiger partial charge in [-0.05, 0) is 42.2 Å².